The normalized spacial score (nSPS) is 12.1. The average Bonchev–Trinajstić information content (AvgIpc) is 2.38. The lowest BCUT2D eigenvalue weighted by molar-refractivity contribution is -0.137. The molecule has 0 saturated heterocycles. The van der Waals surface area contributed by atoms with Gasteiger partial charge in [-0.05, 0) is 30.3 Å². The number of hydrogen-bond acceptors (Lipinski definition) is 4. The van der Waals surface area contributed by atoms with Crippen molar-refractivity contribution in [2.45, 2.75) is 11.1 Å². The predicted molar refractivity (Wildman–Crippen MR) is 70.9 cm³/mol. The summed E-state index contributed by atoms with van der Waals surface area (Å²) >= 11 is 0. The standard InChI is InChI=1S/C12H10F3N3O2S/c13-12(14,15)8-2-1-3-9(6-8)18-21(19,20)10-4-5-11(16)17-7-10/h1-7,18H,(H2,16,17). The van der Waals surface area contributed by atoms with Crippen LogP contribution in [0.2, 0.25) is 0 Å². The number of pyridine rings is 1. The minimum absolute atomic E-state index is 0.132. The number of alkyl halides is 3. The number of aromatic nitrogens is 1. The molecule has 112 valence electrons. The summed E-state index contributed by atoms with van der Waals surface area (Å²) in [5.74, 6) is 0.132. The lowest BCUT2D eigenvalue weighted by atomic mass is 10.2. The third-order valence-corrected chi connectivity index (χ3v) is 3.88. The number of benzene rings is 1. The Morgan fingerprint density at radius 1 is 1.14 bits per heavy atom. The summed E-state index contributed by atoms with van der Waals surface area (Å²) in [6.45, 7) is 0. The second-order valence-electron chi connectivity index (χ2n) is 4.10. The summed E-state index contributed by atoms with van der Waals surface area (Å²) in [6, 6.07) is 6.38. The quantitative estimate of drug-likeness (QED) is 0.911. The highest BCUT2D eigenvalue weighted by molar-refractivity contribution is 7.92. The molecular formula is C12H10F3N3O2S. The Bertz CT molecular complexity index is 743. The summed E-state index contributed by atoms with van der Waals surface area (Å²) < 4.78 is 63.8. The van der Waals surface area contributed by atoms with Gasteiger partial charge in [0.05, 0.1) is 5.56 Å². The van der Waals surface area contributed by atoms with Crippen LogP contribution in [0.25, 0.3) is 0 Å². The Hall–Kier alpha value is -2.29. The summed E-state index contributed by atoms with van der Waals surface area (Å²) in [6.07, 6.45) is -3.53. The number of anilines is 2. The van der Waals surface area contributed by atoms with Crippen LogP contribution >= 0.6 is 0 Å². The fourth-order valence-electron chi connectivity index (χ4n) is 1.52. The monoisotopic (exact) mass is 317 g/mol. The van der Waals surface area contributed by atoms with Crippen LogP contribution in [0.5, 0.6) is 0 Å². The predicted octanol–water partition coefficient (Wildman–Crippen LogP) is 2.48. The number of nitrogens with two attached hydrogens (primary N) is 1. The molecule has 0 bridgehead atoms. The van der Waals surface area contributed by atoms with Gasteiger partial charge >= 0.3 is 6.18 Å². The molecule has 0 atom stereocenters. The summed E-state index contributed by atoms with van der Waals surface area (Å²) in [4.78, 5) is 3.42. The fourth-order valence-corrected chi connectivity index (χ4v) is 2.52. The maximum absolute atomic E-state index is 12.6. The molecule has 0 amide bonds. The molecule has 2 aromatic rings. The van der Waals surface area contributed by atoms with E-state index in [9.17, 15) is 21.6 Å². The summed E-state index contributed by atoms with van der Waals surface area (Å²) in [5.41, 5.74) is 4.20. The lowest BCUT2D eigenvalue weighted by Crippen LogP contribution is -2.14. The number of nitrogens with one attached hydrogen (secondary N) is 1. The van der Waals surface area contributed by atoms with Gasteiger partial charge < -0.3 is 5.73 Å². The van der Waals surface area contributed by atoms with Crippen molar-refractivity contribution in [1.82, 2.24) is 4.98 Å². The van der Waals surface area contributed by atoms with E-state index >= 15 is 0 Å². The zero-order valence-corrected chi connectivity index (χ0v) is 11.2. The van der Waals surface area contributed by atoms with Crippen molar-refractivity contribution in [3.8, 4) is 0 Å². The van der Waals surface area contributed by atoms with E-state index in [1.807, 2.05) is 0 Å². The van der Waals surface area contributed by atoms with E-state index in [0.717, 1.165) is 18.3 Å². The maximum atomic E-state index is 12.6. The Kier molecular flexibility index (Phi) is 3.77. The van der Waals surface area contributed by atoms with E-state index in [4.69, 9.17) is 5.73 Å². The van der Waals surface area contributed by atoms with Crippen molar-refractivity contribution in [2.75, 3.05) is 10.5 Å². The number of nitrogens with zero attached hydrogens (tertiary/aromatic N) is 1. The Labute approximate surface area is 118 Å². The molecule has 3 N–H and O–H groups in total. The van der Waals surface area contributed by atoms with Gasteiger partial charge in [-0.1, -0.05) is 6.07 Å². The number of sulfonamides is 1. The van der Waals surface area contributed by atoms with Gasteiger partial charge in [-0.3, -0.25) is 4.72 Å². The first-order chi connectivity index (χ1) is 9.68. The van der Waals surface area contributed by atoms with Crippen molar-refractivity contribution in [2.24, 2.45) is 0 Å². The van der Waals surface area contributed by atoms with Gasteiger partial charge in [0.2, 0.25) is 0 Å². The van der Waals surface area contributed by atoms with E-state index in [0.29, 0.717) is 6.07 Å². The lowest BCUT2D eigenvalue weighted by Gasteiger charge is -2.11. The van der Waals surface area contributed by atoms with E-state index in [-0.39, 0.29) is 16.4 Å². The van der Waals surface area contributed by atoms with Crippen molar-refractivity contribution in [1.29, 1.82) is 0 Å². The zero-order valence-electron chi connectivity index (χ0n) is 10.4. The van der Waals surface area contributed by atoms with Crippen molar-refractivity contribution in [3.05, 3.63) is 48.2 Å². The molecule has 0 saturated carbocycles. The van der Waals surface area contributed by atoms with Crippen LogP contribution in [-0.4, -0.2) is 13.4 Å². The second kappa shape index (κ2) is 5.24. The van der Waals surface area contributed by atoms with Crippen molar-refractivity contribution < 1.29 is 21.6 Å². The van der Waals surface area contributed by atoms with Gasteiger partial charge in [-0.2, -0.15) is 13.2 Å². The highest BCUT2D eigenvalue weighted by Crippen LogP contribution is 2.31. The van der Waals surface area contributed by atoms with Crippen molar-refractivity contribution >= 4 is 21.5 Å². The highest BCUT2D eigenvalue weighted by Gasteiger charge is 2.30. The molecule has 0 radical (unpaired) electrons. The SMILES string of the molecule is Nc1ccc(S(=O)(=O)Nc2cccc(C(F)(F)F)c2)cn1. The molecule has 1 aromatic heterocycles. The van der Waals surface area contributed by atoms with Crippen LogP contribution in [0.1, 0.15) is 5.56 Å². The number of halogens is 3. The van der Waals surface area contributed by atoms with E-state index in [2.05, 4.69) is 9.71 Å². The van der Waals surface area contributed by atoms with Crippen LogP contribution in [0.4, 0.5) is 24.7 Å². The Balaban J connectivity index is 2.31. The molecule has 0 spiro atoms. The molecule has 0 fully saturated rings. The third-order valence-electron chi connectivity index (χ3n) is 2.51. The first-order valence-corrected chi connectivity index (χ1v) is 7.08. The molecular weight excluding hydrogens is 307 g/mol. The van der Waals surface area contributed by atoms with Crippen molar-refractivity contribution in [3.63, 3.8) is 0 Å². The second-order valence-corrected chi connectivity index (χ2v) is 5.79. The number of hydrogen-bond donors (Lipinski definition) is 2. The van der Waals surface area contributed by atoms with Crippen LogP contribution < -0.4 is 10.5 Å². The number of nitrogen functional groups attached to an aromatic ring is 1. The van der Waals surface area contributed by atoms with Gasteiger partial charge in [0, 0.05) is 11.9 Å². The molecule has 2 rings (SSSR count). The molecule has 21 heavy (non-hydrogen) atoms. The topological polar surface area (TPSA) is 85.1 Å². The summed E-state index contributed by atoms with van der Waals surface area (Å²) in [7, 11) is -4.03. The van der Waals surface area contributed by atoms with E-state index < -0.39 is 21.8 Å². The summed E-state index contributed by atoms with van der Waals surface area (Å²) in [5, 5.41) is 0. The van der Waals surface area contributed by atoms with Gasteiger partial charge in [-0.15, -0.1) is 0 Å². The molecule has 0 unspecified atom stereocenters. The minimum Gasteiger partial charge on any atom is -0.384 e. The maximum Gasteiger partial charge on any atom is 0.416 e. The van der Waals surface area contributed by atoms with Crippen LogP contribution in [0.3, 0.4) is 0 Å². The van der Waals surface area contributed by atoms with E-state index in [1.54, 1.807) is 0 Å². The molecule has 0 aliphatic carbocycles. The third kappa shape index (κ3) is 3.63. The molecule has 0 aliphatic rings. The first kappa shape index (κ1) is 15.1. The van der Waals surface area contributed by atoms with Gasteiger partial charge in [0.1, 0.15) is 10.7 Å². The minimum atomic E-state index is -4.55. The molecule has 0 aliphatic heterocycles. The fraction of sp³-hybridized carbons (Fsp3) is 0.0833. The van der Waals surface area contributed by atoms with Gasteiger partial charge in [0.15, 0.2) is 0 Å². The Morgan fingerprint density at radius 3 is 2.43 bits per heavy atom. The van der Waals surface area contributed by atoms with Crippen LogP contribution in [0.15, 0.2) is 47.5 Å². The van der Waals surface area contributed by atoms with Crippen LogP contribution in [-0.2, 0) is 16.2 Å². The van der Waals surface area contributed by atoms with Gasteiger partial charge in [-0.25, -0.2) is 13.4 Å². The first-order valence-electron chi connectivity index (χ1n) is 5.60. The smallest absolute Gasteiger partial charge is 0.384 e. The number of rotatable bonds is 3. The zero-order chi connectivity index (χ0) is 15.7. The average molecular weight is 317 g/mol. The van der Waals surface area contributed by atoms with E-state index in [1.165, 1.54) is 18.2 Å². The largest absolute Gasteiger partial charge is 0.416 e. The molecule has 9 heteroatoms. The molecule has 1 heterocycles. The molecule has 1 aromatic carbocycles. The molecule has 5 nitrogen and oxygen atoms in total. The Morgan fingerprint density at radius 2 is 1.86 bits per heavy atom. The van der Waals surface area contributed by atoms with Gasteiger partial charge in [0.25, 0.3) is 10.0 Å². The highest BCUT2D eigenvalue weighted by atomic mass is 32.2. The van der Waals surface area contributed by atoms with Crippen LogP contribution in [0, 0.1) is 0 Å².